The van der Waals surface area contributed by atoms with Crippen LogP contribution in [0.25, 0.3) is 0 Å². The lowest BCUT2D eigenvalue weighted by Gasteiger charge is -2.55. The molecular weight excluding hydrogens is 232 g/mol. The largest absolute Gasteiger partial charge is 0.377 e. The number of nitrogens with one attached hydrogen (secondary N) is 1. The van der Waals surface area contributed by atoms with Gasteiger partial charge < -0.3 is 10.1 Å². The van der Waals surface area contributed by atoms with Crippen LogP contribution in [0.1, 0.15) is 30.8 Å². The molecule has 0 spiro atoms. The van der Waals surface area contributed by atoms with Crippen LogP contribution < -0.4 is 5.32 Å². The maximum atomic E-state index is 5.81. The molecule has 94 valence electrons. The van der Waals surface area contributed by atoms with Gasteiger partial charge in [-0.15, -0.1) is 11.3 Å². The van der Waals surface area contributed by atoms with Gasteiger partial charge in [0.15, 0.2) is 0 Å². The number of aryl methyl sites for hydroxylation is 1. The van der Waals surface area contributed by atoms with Crippen molar-refractivity contribution in [2.45, 2.75) is 45.9 Å². The Bertz CT molecular complexity index is 415. The normalized spacial score (nSPS) is 34.4. The summed E-state index contributed by atoms with van der Waals surface area (Å²) in [5, 5.41) is 3.71. The van der Waals surface area contributed by atoms with Crippen LogP contribution in [-0.2, 0) is 11.3 Å². The fourth-order valence-electron chi connectivity index (χ4n) is 3.44. The molecule has 1 N–H and O–H groups in total. The fraction of sp³-hybridized carbons (Fsp3) is 0.769. The Kier molecular flexibility index (Phi) is 2.76. The molecule has 3 atom stereocenters. The van der Waals surface area contributed by atoms with E-state index in [2.05, 4.69) is 31.1 Å². The standard InChI is InChI=1S/C13H20N2OS/c1-8-10(17-7-15-8)6-14-11-9-4-5-16-12(9)13(11,2)3/h7,9,11-12,14H,4-6H2,1-3H3/t9-,11+,12+/m0/s1. The second-order valence-corrected chi connectivity index (χ2v) is 6.72. The number of rotatable bonds is 3. The van der Waals surface area contributed by atoms with Gasteiger partial charge in [0.1, 0.15) is 0 Å². The van der Waals surface area contributed by atoms with Crippen LogP contribution in [0, 0.1) is 18.3 Å². The summed E-state index contributed by atoms with van der Waals surface area (Å²) in [6.45, 7) is 8.61. The van der Waals surface area contributed by atoms with Crippen molar-refractivity contribution in [3.8, 4) is 0 Å². The Morgan fingerprint density at radius 1 is 1.59 bits per heavy atom. The molecule has 0 bridgehead atoms. The Morgan fingerprint density at radius 2 is 2.41 bits per heavy atom. The second kappa shape index (κ2) is 4.04. The molecule has 2 aliphatic rings. The molecule has 1 aromatic rings. The third-order valence-corrected chi connectivity index (χ3v) is 5.36. The van der Waals surface area contributed by atoms with Crippen molar-refractivity contribution in [2.24, 2.45) is 11.3 Å². The van der Waals surface area contributed by atoms with E-state index in [0.717, 1.165) is 19.1 Å². The average Bonchev–Trinajstić information content (AvgIpc) is 2.87. The zero-order valence-electron chi connectivity index (χ0n) is 10.7. The fourth-order valence-corrected chi connectivity index (χ4v) is 4.17. The van der Waals surface area contributed by atoms with E-state index in [1.165, 1.54) is 17.0 Å². The Labute approximate surface area is 107 Å². The zero-order valence-corrected chi connectivity index (χ0v) is 11.5. The molecule has 1 saturated heterocycles. The van der Waals surface area contributed by atoms with Gasteiger partial charge in [-0.3, -0.25) is 0 Å². The molecule has 0 radical (unpaired) electrons. The first kappa shape index (κ1) is 11.6. The summed E-state index contributed by atoms with van der Waals surface area (Å²) in [6.07, 6.45) is 1.69. The minimum atomic E-state index is 0.278. The van der Waals surface area contributed by atoms with Gasteiger partial charge in [-0.25, -0.2) is 4.98 Å². The van der Waals surface area contributed by atoms with E-state index >= 15 is 0 Å². The van der Waals surface area contributed by atoms with E-state index in [9.17, 15) is 0 Å². The van der Waals surface area contributed by atoms with Crippen LogP contribution in [0.3, 0.4) is 0 Å². The van der Waals surface area contributed by atoms with E-state index in [1.54, 1.807) is 11.3 Å². The van der Waals surface area contributed by atoms with Gasteiger partial charge >= 0.3 is 0 Å². The molecule has 0 aromatic carbocycles. The molecule has 1 aromatic heterocycles. The lowest BCUT2D eigenvalue weighted by atomic mass is 9.57. The molecule has 2 heterocycles. The van der Waals surface area contributed by atoms with Crippen LogP contribution in [0.15, 0.2) is 5.51 Å². The van der Waals surface area contributed by atoms with Gasteiger partial charge in [0.05, 0.1) is 17.3 Å². The molecule has 3 rings (SSSR count). The van der Waals surface area contributed by atoms with Crippen LogP contribution in [0.4, 0.5) is 0 Å². The number of hydrogen-bond donors (Lipinski definition) is 1. The smallest absolute Gasteiger partial charge is 0.0798 e. The lowest BCUT2D eigenvalue weighted by Crippen LogP contribution is -2.65. The number of hydrogen-bond acceptors (Lipinski definition) is 4. The Morgan fingerprint density at radius 3 is 3.12 bits per heavy atom. The molecule has 3 nitrogen and oxygen atoms in total. The predicted octanol–water partition coefficient (Wildman–Crippen LogP) is 2.35. The summed E-state index contributed by atoms with van der Waals surface area (Å²) in [5.41, 5.74) is 3.37. The van der Waals surface area contributed by atoms with Crippen molar-refractivity contribution >= 4 is 11.3 Å². The average molecular weight is 252 g/mol. The van der Waals surface area contributed by atoms with Crippen LogP contribution in [0.5, 0.6) is 0 Å². The van der Waals surface area contributed by atoms with E-state index in [0.29, 0.717) is 12.1 Å². The van der Waals surface area contributed by atoms with E-state index in [4.69, 9.17) is 4.74 Å². The third kappa shape index (κ3) is 1.74. The minimum absolute atomic E-state index is 0.278. The number of fused-ring (bicyclic) bond motifs is 1. The third-order valence-electron chi connectivity index (χ3n) is 4.43. The van der Waals surface area contributed by atoms with Gasteiger partial charge in [0, 0.05) is 35.4 Å². The summed E-state index contributed by atoms with van der Waals surface area (Å²) in [6, 6.07) is 0.594. The number of ether oxygens (including phenoxy) is 1. The van der Waals surface area contributed by atoms with E-state index < -0.39 is 0 Å². The highest BCUT2D eigenvalue weighted by atomic mass is 32.1. The van der Waals surface area contributed by atoms with Crippen molar-refractivity contribution in [2.75, 3.05) is 6.61 Å². The Hall–Kier alpha value is -0.450. The molecule has 2 fully saturated rings. The first-order valence-corrected chi connectivity index (χ1v) is 7.22. The highest BCUT2D eigenvalue weighted by Gasteiger charge is 2.58. The zero-order chi connectivity index (χ0) is 12.0. The van der Waals surface area contributed by atoms with Crippen molar-refractivity contribution in [3.05, 3.63) is 16.1 Å². The van der Waals surface area contributed by atoms with Gasteiger partial charge in [0.2, 0.25) is 0 Å². The first-order valence-electron chi connectivity index (χ1n) is 6.34. The summed E-state index contributed by atoms with van der Waals surface area (Å²) < 4.78 is 5.81. The quantitative estimate of drug-likeness (QED) is 0.896. The van der Waals surface area contributed by atoms with Crippen molar-refractivity contribution in [3.63, 3.8) is 0 Å². The maximum absolute atomic E-state index is 5.81. The van der Waals surface area contributed by atoms with Crippen molar-refractivity contribution < 1.29 is 4.74 Å². The van der Waals surface area contributed by atoms with Gasteiger partial charge in [-0.2, -0.15) is 0 Å². The maximum Gasteiger partial charge on any atom is 0.0798 e. The lowest BCUT2D eigenvalue weighted by molar-refractivity contribution is -0.113. The monoisotopic (exact) mass is 252 g/mol. The highest BCUT2D eigenvalue weighted by Crippen LogP contribution is 2.52. The molecule has 0 unspecified atom stereocenters. The van der Waals surface area contributed by atoms with Crippen LogP contribution in [-0.4, -0.2) is 23.7 Å². The topological polar surface area (TPSA) is 34.2 Å². The van der Waals surface area contributed by atoms with Crippen LogP contribution >= 0.6 is 11.3 Å². The molecule has 4 heteroatoms. The Balaban J connectivity index is 1.64. The minimum Gasteiger partial charge on any atom is -0.377 e. The summed E-state index contributed by atoms with van der Waals surface area (Å²) in [5.74, 6) is 0.721. The van der Waals surface area contributed by atoms with Crippen molar-refractivity contribution in [1.82, 2.24) is 10.3 Å². The van der Waals surface area contributed by atoms with E-state index in [-0.39, 0.29) is 5.41 Å². The van der Waals surface area contributed by atoms with Gasteiger partial charge in [-0.1, -0.05) is 13.8 Å². The second-order valence-electron chi connectivity index (χ2n) is 5.78. The highest BCUT2D eigenvalue weighted by molar-refractivity contribution is 7.09. The number of aromatic nitrogens is 1. The number of thiazole rings is 1. The first-order chi connectivity index (χ1) is 8.10. The SMILES string of the molecule is Cc1ncsc1CN[C@@H]1[C@@H]2CCO[C@H]2C1(C)C. The predicted molar refractivity (Wildman–Crippen MR) is 69.1 cm³/mol. The molecular formula is C13H20N2OS. The molecule has 1 aliphatic heterocycles. The number of nitrogens with zero attached hydrogens (tertiary/aromatic N) is 1. The van der Waals surface area contributed by atoms with Crippen molar-refractivity contribution in [1.29, 1.82) is 0 Å². The molecule has 1 aliphatic carbocycles. The molecule has 0 amide bonds. The van der Waals surface area contributed by atoms with Gasteiger partial charge in [-0.05, 0) is 13.3 Å². The summed E-state index contributed by atoms with van der Waals surface area (Å²) >= 11 is 1.75. The summed E-state index contributed by atoms with van der Waals surface area (Å²) in [7, 11) is 0. The van der Waals surface area contributed by atoms with E-state index in [1.807, 2.05) is 5.51 Å². The van der Waals surface area contributed by atoms with Crippen LogP contribution in [0.2, 0.25) is 0 Å². The van der Waals surface area contributed by atoms with Gasteiger partial charge in [0.25, 0.3) is 0 Å². The summed E-state index contributed by atoms with van der Waals surface area (Å²) in [4.78, 5) is 5.66. The molecule has 17 heavy (non-hydrogen) atoms. The molecule has 1 saturated carbocycles.